The standard InChI is InChI=1S/C27H25FN2O5/c1-2-16(14-24(31)32)29-26(33)21-12-7-13-23(25(21)28)30-27(34)35-15-22-19-10-5-3-8-17(19)18-9-4-6-11-20(18)22/h3-13,16,22H,2,14-15H2,1H3,(H,29,33)(H,30,34)(H,31,32)/t16-/m0/s1. The number of fused-ring (bicyclic) bond motifs is 3. The van der Waals surface area contributed by atoms with Crippen LogP contribution in [0.5, 0.6) is 0 Å². The van der Waals surface area contributed by atoms with Gasteiger partial charge in [0.05, 0.1) is 17.7 Å². The summed E-state index contributed by atoms with van der Waals surface area (Å²) in [6.45, 7) is 1.79. The zero-order valence-electron chi connectivity index (χ0n) is 19.1. The largest absolute Gasteiger partial charge is 0.481 e. The van der Waals surface area contributed by atoms with Crippen LogP contribution in [0.3, 0.4) is 0 Å². The molecule has 1 aliphatic rings. The molecule has 0 saturated carbocycles. The van der Waals surface area contributed by atoms with Gasteiger partial charge in [-0.15, -0.1) is 0 Å². The second-order valence-corrected chi connectivity index (χ2v) is 8.29. The molecule has 1 aliphatic carbocycles. The summed E-state index contributed by atoms with van der Waals surface area (Å²) < 4.78 is 20.4. The van der Waals surface area contributed by atoms with Crippen molar-refractivity contribution in [2.45, 2.75) is 31.7 Å². The fraction of sp³-hybridized carbons (Fsp3) is 0.222. The zero-order valence-corrected chi connectivity index (χ0v) is 19.1. The molecule has 7 nitrogen and oxygen atoms in total. The second kappa shape index (κ2) is 10.4. The number of amides is 2. The molecule has 0 unspecified atom stereocenters. The average molecular weight is 477 g/mol. The van der Waals surface area contributed by atoms with E-state index < -0.39 is 29.8 Å². The molecule has 180 valence electrons. The lowest BCUT2D eigenvalue weighted by Crippen LogP contribution is -2.36. The Morgan fingerprint density at radius 3 is 2.20 bits per heavy atom. The molecule has 0 aromatic heterocycles. The fourth-order valence-electron chi connectivity index (χ4n) is 4.32. The van der Waals surface area contributed by atoms with E-state index in [4.69, 9.17) is 9.84 Å². The monoisotopic (exact) mass is 476 g/mol. The van der Waals surface area contributed by atoms with E-state index in [1.54, 1.807) is 6.92 Å². The third-order valence-corrected chi connectivity index (χ3v) is 6.07. The smallest absolute Gasteiger partial charge is 0.411 e. The van der Waals surface area contributed by atoms with E-state index in [1.165, 1.54) is 18.2 Å². The number of carboxylic acids is 1. The van der Waals surface area contributed by atoms with Gasteiger partial charge >= 0.3 is 12.1 Å². The molecule has 0 fully saturated rings. The van der Waals surface area contributed by atoms with E-state index in [2.05, 4.69) is 10.6 Å². The van der Waals surface area contributed by atoms with Crippen LogP contribution in [0.15, 0.2) is 66.7 Å². The van der Waals surface area contributed by atoms with Crippen LogP contribution in [-0.2, 0) is 9.53 Å². The van der Waals surface area contributed by atoms with Crippen molar-refractivity contribution >= 4 is 23.7 Å². The van der Waals surface area contributed by atoms with Crippen LogP contribution < -0.4 is 10.6 Å². The molecular weight excluding hydrogens is 451 g/mol. The van der Waals surface area contributed by atoms with E-state index >= 15 is 0 Å². The number of carboxylic acid groups (broad SMARTS) is 1. The number of nitrogens with one attached hydrogen (secondary N) is 2. The first-order chi connectivity index (χ1) is 16.9. The van der Waals surface area contributed by atoms with E-state index in [0.29, 0.717) is 6.42 Å². The molecule has 0 aliphatic heterocycles. The normalized spacial score (nSPS) is 12.9. The molecule has 0 saturated heterocycles. The van der Waals surface area contributed by atoms with Gasteiger partial charge in [0.2, 0.25) is 0 Å². The summed E-state index contributed by atoms with van der Waals surface area (Å²) >= 11 is 0. The molecule has 0 spiro atoms. The lowest BCUT2D eigenvalue weighted by atomic mass is 9.98. The van der Waals surface area contributed by atoms with E-state index in [1.807, 2.05) is 48.5 Å². The number of aliphatic carboxylic acids is 1. The highest BCUT2D eigenvalue weighted by molar-refractivity contribution is 5.97. The number of anilines is 1. The molecule has 1 atom stereocenters. The molecule has 3 aromatic rings. The molecule has 3 N–H and O–H groups in total. The van der Waals surface area contributed by atoms with Crippen molar-refractivity contribution in [3.8, 4) is 11.1 Å². The van der Waals surface area contributed by atoms with Crippen LogP contribution in [0, 0.1) is 5.82 Å². The minimum Gasteiger partial charge on any atom is -0.481 e. The Bertz CT molecular complexity index is 1230. The SMILES string of the molecule is CC[C@@H](CC(=O)O)NC(=O)c1cccc(NC(=O)OCC2c3ccccc3-c3ccccc32)c1F. The first-order valence-electron chi connectivity index (χ1n) is 11.3. The number of carbonyl (C=O) groups is 3. The van der Waals surface area contributed by atoms with Crippen LogP contribution in [0.4, 0.5) is 14.9 Å². The molecule has 3 aromatic carbocycles. The number of hydrogen-bond donors (Lipinski definition) is 3. The van der Waals surface area contributed by atoms with Gasteiger partial charge in [0.1, 0.15) is 6.61 Å². The van der Waals surface area contributed by atoms with Gasteiger partial charge in [0, 0.05) is 12.0 Å². The molecule has 0 radical (unpaired) electrons. The maximum absolute atomic E-state index is 15.0. The van der Waals surface area contributed by atoms with Crippen molar-refractivity contribution in [2.24, 2.45) is 0 Å². The van der Waals surface area contributed by atoms with Crippen LogP contribution in [-0.4, -0.2) is 35.7 Å². The number of halogens is 1. The second-order valence-electron chi connectivity index (χ2n) is 8.29. The van der Waals surface area contributed by atoms with Gasteiger partial charge in [0.15, 0.2) is 5.82 Å². The molecule has 0 bridgehead atoms. The first kappa shape index (κ1) is 23.9. The predicted molar refractivity (Wildman–Crippen MR) is 129 cm³/mol. The lowest BCUT2D eigenvalue weighted by Gasteiger charge is -2.17. The quantitative estimate of drug-likeness (QED) is 0.416. The highest BCUT2D eigenvalue weighted by Gasteiger charge is 2.29. The molecule has 0 heterocycles. The molecular formula is C27H25FN2O5. The number of benzene rings is 3. The average Bonchev–Trinajstić information content (AvgIpc) is 3.17. The highest BCUT2D eigenvalue weighted by Crippen LogP contribution is 2.44. The van der Waals surface area contributed by atoms with Crippen molar-refractivity contribution in [1.29, 1.82) is 0 Å². The molecule has 4 rings (SSSR count). The number of ether oxygens (including phenoxy) is 1. The van der Waals surface area contributed by atoms with Crippen molar-refractivity contribution in [3.63, 3.8) is 0 Å². The van der Waals surface area contributed by atoms with Crippen molar-refractivity contribution < 1.29 is 28.6 Å². The van der Waals surface area contributed by atoms with Gasteiger partial charge in [-0.3, -0.25) is 14.9 Å². The molecule has 8 heteroatoms. The van der Waals surface area contributed by atoms with Crippen LogP contribution in [0.1, 0.15) is 47.2 Å². The Morgan fingerprint density at radius 1 is 0.971 bits per heavy atom. The molecule has 35 heavy (non-hydrogen) atoms. The van der Waals surface area contributed by atoms with Gasteiger partial charge in [-0.2, -0.15) is 0 Å². The summed E-state index contributed by atoms with van der Waals surface area (Å²) in [4.78, 5) is 35.9. The van der Waals surface area contributed by atoms with Gasteiger partial charge in [0.25, 0.3) is 5.91 Å². The Morgan fingerprint density at radius 2 is 1.60 bits per heavy atom. The van der Waals surface area contributed by atoms with E-state index in [9.17, 15) is 18.8 Å². The van der Waals surface area contributed by atoms with Crippen molar-refractivity contribution in [3.05, 3.63) is 89.2 Å². The number of hydrogen-bond acceptors (Lipinski definition) is 4. The minimum absolute atomic E-state index is 0.0645. The van der Waals surface area contributed by atoms with E-state index in [-0.39, 0.29) is 30.2 Å². The van der Waals surface area contributed by atoms with Crippen molar-refractivity contribution in [1.82, 2.24) is 5.32 Å². The lowest BCUT2D eigenvalue weighted by molar-refractivity contribution is -0.137. The topological polar surface area (TPSA) is 105 Å². The maximum Gasteiger partial charge on any atom is 0.411 e. The summed E-state index contributed by atoms with van der Waals surface area (Å²) in [5.74, 6) is -2.89. The van der Waals surface area contributed by atoms with Gasteiger partial charge in [-0.25, -0.2) is 9.18 Å². The van der Waals surface area contributed by atoms with E-state index in [0.717, 1.165) is 22.3 Å². The Kier molecular flexibility index (Phi) is 7.10. The van der Waals surface area contributed by atoms with Gasteiger partial charge < -0.3 is 15.2 Å². The summed E-state index contributed by atoms with van der Waals surface area (Å²) in [7, 11) is 0. The van der Waals surface area contributed by atoms with Crippen LogP contribution in [0.2, 0.25) is 0 Å². The summed E-state index contributed by atoms with van der Waals surface area (Å²) in [6.07, 6.45) is -0.751. The minimum atomic E-state index is -1.07. The first-order valence-corrected chi connectivity index (χ1v) is 11.3. The Hall–Kier alpha value is -4.20. The maximum atomic E-state index is 15.0. The zero-order chi connectivity index (χ0) is 24.9. The Balaban J connectivity index is 1.43. The van der Waals surface area contributed by atoms with Gasteiger partial charge in [-0.05, 0) is 40.8 Å². The third-order valence-electron chi connectivity index (χ3n) is 6.07. The summed E-state index contributed by atoms with van der Waals surface area (Å²) in [5.41, 5.74) is 3.79. The third kappa shape index (κ3) is 5.16. The summed E-state index contributed by atoms with van der Waals surface area (Å²) in [6, 6.07) is 19.2. The number of carbonyl (C=O) groups excluding carboxylic acids is 2. The highest BCUT2D eigenvalue weighted by atomic mass is 19.1. The number of rotatable bonds is 8. The Labute approximate surface area is 201 Å². The molecule has 2 amide bonds. The van der Waals surface area contributed by atoms with Crippen molar-refractivity contribution in [2.75, 3.05) is 11.9 Å². The van der Waals surface area contributed by atoms with Gasteiger partial charge in [-0.1, -0.05) is 61.5 Å². The summed E-state index contributed by atoms with van der Waals surface area (Å²) in [5, 5.41) is 13.8. The van der Waals surface area contributed by atoms with Crippen LogP contribution >= 0.6 is 0 Å². The van der Waals surface area contributed by atoms with Crippen LogP contribution in [0.25, 0.3) is 11.1 Å². The fourth-order valence-corrected chi connectivity index (χ4v) is 4.32. The predicted octanol–water partition coefficient (Wildman–Crippen LogP) is 5.17.